The van der Waals surface area contributed by atoms with Crippen molar-refractivity contribution in [1.29, 1.82) is 0 Å². The highest BCUT2D eigenvalue weighted by Crippen LogP contribution is 2.30. The molecule has 0 aliphatic carbocycles. The lowest BCUT2D eigenvalue weighted by molar-refractivity contribution is -0.114. The summed E-state index contributed by atoms with van der Waals surface area (Å²) >= 11 is 6.31. The predicted octanol–water partition coefficient (Wildman–Crippen LogP) is 5.29. The highest BCUT2D eigenvalue weighted by Gasteiger charge is 2.28. The van der Waals surface area contributed by atoms with Gasteiger partial charge in [-0.2, -0.15) is 0 Å². The number of hydrogen-bond acceptors (Lipinski definition) is 6. The molecule has 12 heteroatoms. The average Bonchev–Trinajstić information content (AvgIpc) is 2.93. The number of hydrogen-bond donors (Lipinski definition) is 2. The minimum Gasteiger partial charge on any atom is -0.497 e. The Morgan fingerprint density at radius 1 is 0.800 bits per heavy atom. The van der Waals surface area contributed by atoms with Crippen LogP contribution in [0.5, 0.6) is 5.75 Å². The lowest BCUT2D eigenvalue weighted by Gasteiger charge is -2.25. The van der Waals surface area contributed by atoms with Crippen molar-refractivity contribution in [3.63, 3.8) is 0 Å². The molecule has 2 N–H and O–H groups in total. The standard InChI is InChI=1S/C28H26ClN3O6S2/c1-20-7-15-25(16-8-20)40(36,37)32(27-6-4-3-5-26(27)29)19-28(33)30-21-11-17-24(18-12-21)39(34,35)31-22-9-13-23(38-2)14-10-22/h3-18,31H,19H2,1-2H3,(H,30,33). The summed E-state index contributed by atoms with van der Waals surface area (Å²) in [6.45, 7) is 1.26. The van der Waals surface area contributed by atoms with Crippen molar-refractivity contribution in [2.24, 2.45) is 0 Å². The van der Waals surface area contributed by atoms with Crippen molar-refractivity contribution in [2.75, 3.05) is 28.0 Å². The highest BCUT2D eigenvalue weighted by atomic mass is 35.5. The maximum Gasteiger partial charge on any atom is 0.264 e. The van der Waals surface area contributed by atoms with Gasteiger partial charge >= 0.3 is 0 Å². The van der Waals surface area contributed by atoms with Gasteiger partial charge in [0, 0.05) is 11.4 Å². The summed E-state index contributed by atoms with van der Waals surface area (Å²) in [4.78, 5) is 13.0. The maximum absolute atomic E-state index is 13.5. The normalized spacial score (nSPS) is 11.5. The first-order chi connectivity index (χ1) is 19.0. The van der Waals surface area contributed by atoms with Gasteiger partial charge in [-0.25, -0.2) is 16.8 Å². The zero-order valence-electron chi connectivity index (χ0n) is 21.5. The fourth-order valence-electron chi connectivity index (χ4n) is 3.71. The summed E-state index contributed by atoms with van der Waals surface area (Å²) in [6, 6.07) is 24.4. The van der Waals surface area contributed by atoms with Crippen LogP contribution in [0.1, 0.15) is 5.56 Å². The van der Waals surface area contributed by atoms with Gasteiger partial charge in [-0.05, 0) is 79.7 Å². The third-order valence-electron chi connectivity index (χ3n) is 5.81. The fraction of sp³-hybridized carbons (Fsp3) is 0.107. The Hall–Kier alpha value is -4.06. The SMILES string of the molecule is COc1ccc(NS(=O)(=O)c2ccc(NC(=O)CN(c3ccccc3Cl)S(=O)(=O)c3ccc(C)cc3)cc2)cc1. The molecule has 4 aromatic carbocycles. The van der Waals surface area contributed by atoms with Gasteiger partial charge in [-0.15, -0.1) is 0 Å². The van der Waals surface area contributed by atoms with Gasteiger partial charge in [-0.1, -0.05) is 41.4 Å². The number of carbonyl (C=O) groups is 1. The average molecular weight is 600 g/mol. The third kappa shape index (κ3) is 6.74. The summed E-state index contributed by atoms with van der Waals surface area (Å²) in [7, 11) is -6.53. The molecule has 0 atom stereocenters. The van der Waals surface area contributed by atoms with E-state index < -0.39 is 32.5 Å². The van der Waals surface area contributed by atoms with E-state index in [4.69, 9.17) is 16.3 Å². The van der Waals surface area contributed by atoms with Crippen LogP contribution in [-0.2, 0) is 24.8 Å². The van der Waals surface area contributed by atoms with E-state index in [-0.39, 0.29) is 26.2 Å². The number of ether oxygens (including phenoxy) is 1. The fourth-order valence-corrected chi connectivity index (χ4v) is 6.50. The molecule has 0 aliphatic rings. The molecule has 0 fully saturated rings. The number of rotatable bonds is 10. The lowest BCUT2D eigenvalue weighted by Crippen LogP contribution is -2.38. The Morgan fingerprint density at radius 2 is 1.38 bits per heavy atom. The lowest BCUT2D eigenvalue weighted by atomic mass is 10.2. The second-order valence-electron chi connectivity index (χ2n) is 8.68. The Kier molecular flexibility index (Phi) is 8.67. The van der Waals surface area contributed by atoms with E-state index in [1.54, 1.807) is 48.5 Å². The van der Waals surface area contributed by atoms with Crippen LogP contribution in [0.3, 0.4) is 0 Å². The number of sulfonamides is 2. The van der Waals surface area contributed by atoms with Crippen molar-refractivity contribution in [3.05, 3.63) is 108 Å². The number of nitrogens with zero attached hydrogens (tertiary/aromatic N) is 1. The Balaban J connectivity index is 1.52. The monoisotopic (exact) mass is 599 g/mol. The van der Waals surface area contributed by atoms with Gasteiger partial charge in [0.1, 0.15) is 12.3 Å². The van der Waals surface area contributed by atoms with Gasteiger partial charge in [0.15, 0.2) is 0 Å². The van der Waals surface area contributed by atoms with Gasteiger partial charge < -0.3 is 10.1 Å². The number of para-hydroxylation sites is 1. The number of nitrogens with one attached hydrogen (secondary N) is 2. The summed E-state index contributed by atoms with van der Waals surface area (Å²) < 4.78 is 61.1. The highest BCUT2D eigenvalue weighted by molar-refractivity contribution is 7.93. The van der Waals surface area contributed by atoms with Crippen molar-refractivity contribution in [2.45, 2.75) is 16.7 Å². The molecule has 40 heavy (non-hydrogen) atoms. The molecular weight excluding hydrogens is 574 g/mol. The number of halogens is 1. The number of benzene rings is 4. The number of methoxy groups -OCH3 is 1. The van der Waals surface area contributed by atoms with E-state index >= 15 is 0 Å². The molecule has 4 rings (SSSR count). The summed E-state index contributed by atoms with van der Waals surface area (Å²) in [5.74, 6) is -0.0645. The molecule has 0 aliphatic heterocycles. The first-order valence-corrected chi connectivity index (χ1v) is 15.2. The van der Waals surface area contributed by atoms with Crippen molar-refractivity contribution >= 4 is 54.6 Å². The van der Waals surface area contributed by atoms with Crippen LogP contribution in [0.2, 0.25) is 5.02 Å². The van der Waals surface area contributed by atoms with E-state index in [1.165, 1.54) is 55.6 Å². The van der Waals surface area contributed by atoms with Gasteiger partial charge in [-0.3, -0.25) is 13.8 Å². The predicted molar refractivity (Wildman–Crippen MR) is 156 cm³/mol. The molecule has 1 amide bonds. The molecule has 0 saturated heterocycles. The van der Waals surface area contributed by atoms with E-state index in [9.17, 15) is 21.6 Å². The van der Waals surface area contributed by atoms with Crippen LogP contribution in [-0.4, -0.2) is 36.4 Å². The Morgan fingerprint density at radius 3 is 1.98 bits per heavy atom. The van der Waals surface area contributed by atoms with E-state index in [0.29, 0.717) is 11.4 Å². The minimum atomic E-state index is -4.15. The molecule has 0 unspecified atom stereocenters. The van der Waals surface area contributed by atoms with Crippen molar-refractivity contribution < 1.29 is 26.4 Å². The molecular formula is C28H26ClN3O6S2. The van der Waals surface area contributed by atoms with Crippen LogP contribution >= 0.6 is 11.6 Å². The third-order valence-corrected chi connectivity index (χ3v) is 9.30. The van der Waals surface area contributed by atoms with Crippen LogP contribution in [0, 0.1) is 6.92 Å². The topological polar surface area (TPSA) is 122 Å². The molecule has 0 heterocycles. The number of amides is 1. The Labute approximate surface area is 238 Å². The maximum atomic E-state index is 13.5. The summed E-state index contributed by atoms with van der Waals surface area (Å²) in [5, 5.41) is 2.78. The Bertz CT molecular complexity index is 1710. The molecule has 0 radical (unpaired) electrons. The number of anilines is 3. The van der Waals surface area contributed by atoms with Crippen LogP contribution in [0.4, 0.5) is 17.1 Å². The minimum absolute atomic E-state index is 0.00439. The molecule has 4 aromatic rings. The van der Waals surface area contributed by atoms with Gasteiger partial charge in [0.25, 0.3) is 20.0 Å². The van der Waals surface area contributed by atoms with E-state index in [2.05, 4.69) is 10.0 Å². The summed E-state index contributed by atoms with van der Waals surface area (Å²) in [5.41, 5.74) is 1.66. The molecule has 0 saturated carbocycles. The largest absolute Gasteiger partial charge is 0.497 e. The zero-order chi connectivity index (χ0) is 28.9. The summed E-state index contributed by atoms with van der Waals surface area (Å²) in [6.07, 6.45) is 0. The quantitative estimate of drug-likeness (QED) is 0.255. The second kappa shape index (κ2) is 12.0. The van der Waals surface area contributed by atoms with E-state index in [1.807, 2.05) is 6.92 Å². The molecule has 0 aromatic heterocycles. The zero-order valence-corrected chi connectivity index (χ0v) is 23.9. The van der Waals surface area contributed by atoms with Gasteiger partial charge in [0.05, 0.1) is 27.6 Å². The smallest absolute Gasteiger partial charge is 0.264 e. The van der Waals surface area contributed by atoms with Crippen LogP contribution in [0.25, 0.3) is 0 Å². The van der Waals surface area contributed by atoms with Crippen LogP contribution in [0.15, 0.2) is 107 Å². The first-order valence-electron chi connectivity index (χ1n) is 11.9. The molecule has 0 bridgehead atoms. The first kappa shape index (κ1) is 28.9. The van der Waals surface area contributed by atoms with E-state index in [0.717, 1.165) is 9.87 Å². The molecule has 0 spiro atoms. The van der Waals surface area contributed by atoms with Crippen molar-refractivity contribution in [1.82, 2.24) is 0 Å². The van der Waals surface area contributed by atoms with Crippen molar-refractivity contribution in [3.8, 4) is 5.75 Å². The van der Waals surface area contributed by atoms with Gasteiger partial charge in [0.2, 0.25) is 5.91 Å². The number of aryl methyl sites for hydroxylation is 1. The molecule has 208 valence electrons. The second-order valence-corrected chi connectivity index (χ2v) is 12.6. The number of carbonyl (C=O) groups excluding carboxylic acids is 1. The molecule has 9 nitrogen and oxygen atoms in total. The van der Waals surface area contributed by atoms with Crippen LogP contribution < -0.4 is 19.1 Å².